The van der Waals surface area contributed by atoms with Gasteiger partial charge in [-0.1, -0.05) is 18.2 Å². The number of ether oxygens (including phenoxy) is 1. The molecule has 1 aromatic carbocycles. The highest BCUT2D eigenvalue weighted by molar-refractivity contribution is 5.89. The number of esters is 1. The smallest absolute Gasteiger partial charge is 0.337 e. The molecule has 1 heterocycles. The van der Waals surface area contributed by atoms with Crippen molar-refractivity contribution in [2.75, 3.05) is 7.11 Å². The van der Waals surface area contributed by atoms with Gasteiger partial charge in [-0.05, 0) is 36.2 Å². The second kappa shape index (κ2) is 6.82. The monoisotopic (exact) mass is 270 g/mol. The molecular formula is C16H18N2O2. The Morgan fingerprint density at radius 1 is 1.30 bits per heavy atom. The fourth-order valence-electron chi connectivity index (χ4n) is 1.90. The molecule has 20 heavy (non-hydrogen) atoms. The zero-order chi connectivity index (χ0) is 14.4. The van der Waals surface area contributed by atoms with Crippen molar-refractivity contribution < 1.29 is 9.53 Å². The maximum absolute atomic E-state index is 11.3. The second-order valence-corrected chi connectivity index (χ2v) is 4.58. The average Bonchev–Trinajstić information content (AvgIpc) is 2.53. The van der Waals surface area contributed by atoms with Crippen LogP contribution in [-0.2, 0) is 11.3 Å². The van der Waals surface area contributed by atoms with E-state index in [-0.39, 0.29) is 12.0 Å². The zero-order valence-electron chi connectivity index (χ0n) is 11.7. The van der Waals surface area contributed by atoms with Crippen LogP contribution >= 0.6 is 0 Å². The van der Waals surface area contributed by atoms with Crippen LogP contribution in [0.2, 0.25) is 0 Å². The SMILES string of the molecule is COC(=O)c1ccc(CNC(C)c2cccnc2)cc1. The maximum Gasteiger partial charge on any atom is 0.337 e. The summed E-state index contributed by atoms with van der Waals surface area (Å²) in [5, 5.41) is 3.42. The van der Waals surface area contributed by atoms with Crippen molar-refractivity contribution in [3.05, 3.63) is 65.5 Å². The molecule has 0 aliphatic heterocycles. The van der Waals surface area contributed by atoms with E-state index in [0.29, 0.717) is 5.56 Å². The van der Waals surface area contributed by atoms with Gasteiger partial charge < -0.3 is 10.1 Å². The molecule has 1 N–H and O–H groups in total. The van der Waals surface area contributed by atoms with Crippen LogP contribution in [0.4, 0.5) is 0 Å². The molecule has 0 bridgehead atoms. The summed E-state index contributed by atoms with van der Waals surface area (Å²) in [5.41, 5.74) is 2.84. The predicted octanol–water partition coefficient (Wildman–Crippen LogP) is 2.72. The fraction of sp³-hybridized carbons (Fsp3) is 0.250. The topological polar surface area (TPSA) is 51.2 Å². The molecule has 2 rings (SSSR count). The molecular weight excluding hydrogens is 252 g/mol. The van der Waals surface area contributed by atoms with Crippen LogP contribution in [0.25, 0.3) is 0 Å². The highest BCUT2D eigenvalue weighted by Gasteiger charge is 2.06. The number of pyridine rings is 1. The van der Waals surface area contributed by atoms with E-state index in [1.807, 2.05) is 30.5 Å². The van der Waals surface area contributed by atoms with E-state index in [1.165, 1.54) is 7.11 Å². The van der Waals surface area contributed by atoms with E-state index in [1.54, 1.807) is 18.3 Å². The summed E-state index contributed by atoms with van der Waals surface area (Å²) in [6, 6.07) is 11.6. The van der Waals surface area contributed by atoms with E-state index < -0.39 is 0 Å². The van der Waals surface area contributed by atoms with Crippen molar-refractivity contribution in [3.8, 4) is 0 Å². The van der Waals surface area contributed by atoms with Gasteiger partial charge in [0, 0.05) is 25.0 Å². The Hall–Kier alpha value is -2.20. The van der Waals surface area contributed by atoms with E-state index in [2.05, 4.69) is 22.0 Å². The molecule has 1 aromatic heterocycles. The molecule has 1 atom stereocenters. The third-order valence-electron chi connectivity index (χ3n) is 3.17. The zero-order valence-corrected chi connectivity index (χ0v) is 11.7. The van der Waals surface area contributed by atoms with E-state index in [4.69, 9.17) is 0 Å². The Bertz CT molecular complexity index is 552. The van der Waals surface area contributed by atoms with Crippen molar-refractivity contribution in [1.29, 1.82) is 0 Å². The standard InChI is InChI=1S/C16H18N2O2/c1-12(15-4-3-9-17-11-15)18-10-13-5-7-14(8-6-13)16(19)20-2/h3-9,11-12,18H,10H2,1-2H3. The lowest BCUT2D eigenvalue weighted by atomic mass is 10.1. The molecule has 0 spiro atoms. The Morgan fingerprint density at radius 3 is 2.65 bits per heavy atom. The Labute approximate surface area is 118 Å². The number of hydrogen-bond donors (Lipinski definition) is 1. The lowest BCUT2D eigenvalue weighted by Gasteiger charge is -2.13. The molecule has 0 saturated carbocycles. The molecule has 0 fully saturated rings. The van der Waals surface area contributed by atoms with Crippen LogP contribution < -0.4 is 5.32 Å². The predicted molar refractivity (Wildman–Crippen MR) is 77.3 cm³/mol. The highest BCUT2D eigenvalue weighted by atomic mass is 16.5. The van der Waals surface area contributed by atoms with Gasteiger partial charge in [-0.2, -0.15) is 0 Å². The van der Waals surface area contributed by atoms with Crippen LogP contribution in [0, 0.1) is 0 Å². The first-order chi connectivity index (χ1) is 9.70. The van der Waals surface area contributed by atoms with Crippen molar-refractivity contribution in [3.63, 3.8) is 0 Å². The summed E-state index contributed by atoms with van der Waals surface area (Å²) in [6.45, 7) is 2.83. The van der Waals surface area contributed by atoms with Gasteiger partial charge in [0.1, 0.15) is 0 Å². The van der Waals surface area contributed by atoms with Gasteiger partial charge in [0.2, 0.25) is 0 Å². The third kappa shape index (κ3) is 3.65. The lowest BCUT2D eigenvalue weighted by molar-refractivity contribution is 0.0600. The minimum Gasteiger partial charge on any atom is -0.465 e. The number of hydrogen-bond acceptors (Lipinski definition) is 4. The summed E-state index contributed by atoms with van der Waals surface area (Å²) in [4.78, 5) is 15.4. The van der Waals surface area contributed by atoms with Gasteiger partial charge in [-0.15, -0.1) is 0 Å². The first kappa shape index (κ1) is 14.2. The van der Waals surface area contributed by atoms with Gasteiger partial charge in [0.25, 0.3) is 0 Å². The van der Waals surface area contributed by atoms with Crippen molar-refractivity contribution in [1.82, 2.24) is 10.3 Å². The quantitative estimate of drug-likeness (QED) is 0.849. The molecule has 4 heteroatoms. The molecule has 4 nitrogen and oxygen atoms in total. The van der Waals surface area contributed by atoms with E-state index in [0.717, 1.165) is 17.7 Å². The molecule has 2 aromatic rings. The molecule has 0 amide bonds. The molecule has 1 unspecified atom stereocenters. The minimum absolute atomic E-state index is 0.226. The summed E-state index contributed by atoms with van der Waals surface area (Å²) < 4.78 is 4.67. The van der Waals surface area contributed by atoms with Crippen molar-refractivity contribution in [2.24, 2.45) is 0 Å². The third-order valence-corrected chi connectivity index (χ3v) is 3.17. The molecule has 0 radical (unpaired) electrons. The van der Waals surface area contributed by atoms with Gasteiger partial charge in [0.05, 0.1) is 12.7 Å². The number of aromatic nitrogens is 1. The van der Waals surface area contributed by atoms with Gasteiger partial charge in [0.15, 0.2) is 0 Å². The Kier molecular flexibility index (Phi) is 4.85. The molecule has 0 saturated heterocycles. The van der Waals surface area contributed by atoms with Crippen LogP contribution in [0.3, 0.4) is 0 Å². The normalized spacial score (nSPS) is 11.9. The fourth-order valence-corrected chi connectivity index (χ4v) is 1.90. The summed E-state index contributed by atoms with van der Waals surface area (Å²) in [6.07, 6.45) is 3.62. The van der Waals surface area contributed by atoms with Crippen LogP contribution in [0.1, 0.15) is 34.5 Å². The van der Waals surface area contributed by atoms with Gasteiger partial charge >= 0.3 is 5.97 Å². The number of rotatable bonds is 5. The van der Waals surface area contributed by atoms with E-state index >= 15 is 0 Å². The minimum atomic E-state index is -0.312. The van der Waals surface area contributed by atoms with Crippen LogP contribution in [0.5, 0.6) is 0 Å². The van der Waals surface area contributed by atoms with E-state index in [9.17, 15) is 4.79 Å². The Morgan fingerprint density at radius 2 is 2.05 bits per heavy atom. The summed E-state index contributed by atoms with van der Waals surface area (Å²) in [7, 11) is 1.38. The van der Waals surface area contributed by atoms with Crippen LogP contribution in [0.15, 0.2) is 48.8 Å². The number of nitrogens with one attached hydrogen (secondary N) is 1. The summed E-state index contributed by atoms with van der Waals surface area (Å²) in [5.74, 6) is -0.312. The summed E-state index contributed by atoms with van der Waals surface area (Å²) >= 11 is 0. The number of methoxy groups -OCH3 is 1. The maximum atomic E-state index is 11.3. The molecule has 0 aliphatic rings. The van der Waals surface area contributed by atoms with Crippen molar-refractivity contribution in [2.45, 2.75) is 19.5 Å². The largest absolute Gasteiger partial charge is 0.465 e. The number of nitrogens with zero attached hydrogens (tertiary/aromatic N) is 1. The number of carbonyl (C=O) groups is 1. The first-order valence-corrected chi connectivity index (χ1v) is 6.51. The van der Waals surface area contributed by atoms with Crippen LogP contribution in [-0.4, -0.2) is 18.1 Å². The average molecular weight is 270 g/mol. The van der Waals surface area contributed by atoms with Gasteiger partial charge in [-0.25, -0.2) is 4.79 Å². The van der Waals surface area contributed by atoms with Gasteiger partial charge in [-0.3, -0.25) is 4.98 Å². The van der Waals surface area contributed by atoms with Crippen molar-refractivity contribution >= 4 is 5.97 Å². The Balaban J connectivity index is 1.93. The lowest BCUT2D eigenvalue weighted by Crippen LogP contribution is -2.18. The highest BCUT2D eigenvalue weighted by Crippen LogP contribution is 2.12. The first-order valence-electron chi connectivity index (χ1n) is 6.51. The molecule has 0 aliphatic carbocycles. The number of benzene rings is 1. The second-order valence-electron chi connectivity index (χ2n) is 4.58. The number of carbonyl (C=O) groups excluding carboxylic acids is 1. The molecule has 104 valence electrons.